The molecule has 100 valence electrons. The Morgan fingerprint density at radius 3 is 2.50 bits per heavy atom. The quantitative estimate of drug-likeness (QED) is 0.791. The first kappa shape index (κ1) is 15.0. The number of halogens is 1. The van der Waals surface area contributed by atoms with Crippen LogP contribution in [0.5, 0.6) is 5.75 Å². The van der Waals surface area contributed by atoms with E-state index in [9.17, 15) is 4.79 Å². The van der Waals surface area contributed by atoms with E-state index in [0.717, 1.165) is 18.2 Å². The zero-order valence-corrected chi connectivity index (χ0v) is 12.5. The molecule has 0 aliphatic heterocycles. The lowest BCUT2D eigenvalue weighted by molar-refractivity contribution is 0.0934. The highest BCUT2D eigenvalue weighted by Crippen LogP contribution is 2.21. The maximum absolute atomic E-state index is 11.9. The van der Waals surface area contributed by atoms with E-state index in [1.54, 1.807) is 12.1 Å². The molecule has 1 rings (SSSR count). The van der Waals surface area contributed by atoms with Crippen LogP contribution in [0, 0.1) is 5.41 Å². The fourth-order valence-corrected chi connectivity index (χ4v) is 1.95. The molecular weight excluding hydrogens is 294 g/mol. The molecule has 4 heteroatoms. The molecule has 0 atom stereocenters. The van der Waals surface area contributed by atoms with Crippen LogP contribution in [-0.2, 0) is 0 Å². The van der Waals surface area contributed by atoms with Gasteiger partial charge in [0.1, 0.15) is 5.75 Å². The molecule has 0 aliphatic carbocycles. The zero-order valence-electron chi connectivity index (χ0n) is 10.9. The maximum atomic E-state index is 11.9. The van der Waals surface area contributed by atoms with Gasteiger partial charge in [0, 0.05) is 17.4 Å². The van der Waals surface area contributed by atoms with Crippen molar-refractivity contribution in [2.75, 3.05) is 11.9 Å². The van der Waals surface area contributed by atoms with E-state index in [4.69, 9.17) is 5.11 Å². The molecule has 0 radical (unpaired) electrons. The number of hydrogen-bond acceptors (Lipinski definition) is 2. The standard InChI is InChI=1S/C14H20BrNO2/c1-14(2,8-3-9-15)10-16-13(18)11-4-6-12(17)7-5-11/h4-7,17H,3,8-10H2,1-2H3,(H,16,18). The van der Waals surface area contributed by atoms with Gasteiger partial charge in [0.2, 0.25) is 0 Å². The second-order valence-electron chi connectivity index (χ2n) is 5.19. The molecule has 1 aromatic rings. The van der Waals surface area contributed by atoms with Crippen LogP contribution in [0.1, 0.15) is 37.0 Å². The van der Waals surface area contributed by atoms with Crippen molar-refractivity contribution in [1.82, 2.24) is 5.32 Å². The molecule has 0 aliphatic rings. The average molecular weight is 314 g/mol. The third-order valence-electron chi connectivity index (χ3n) is 2.84. The average Bonchev–Trinajstić information content (AvgIpc) is 2.35. The highest BCUT2D eigenvalue weighted by molar-refractivity contribution is 9.09. The number of nitrogens with one attached hydrogen (secondary N) is 1. The topological polar surface area (TPSA) is 49.3 Å². The van der Waals surface area contributed by atoms with Crippen molar-refractivity contribution in [3.05, 3.63) is 29.8 Å². The van der Waals surface area contributed by atoms with Gasteiger partial charge >= 0.3 is 0 Å². The van der Waals surface area contributed by atoms with Gasteiger partial charge in [-0.05, 0) is 42.5 Å². The summed E-state index contributed by atoms with van der Waals surface area (Å²) < 4.78 is 0. The number of carbonyl (C=O) groups excluding carboxylic acids is 1. The van der Waals surface area contributed by atoms with E-state index in [-0.39, 0.29) is 17.1 Å². The van der Waals surface area contributed by atoms with Crippen molar-refractivity contribution in [2.24, 2.45) is 5.41 Å². The zero-order chi connectivity index (χ0) is 13.6. The van der Waals surface area contributed by atoms with E-state index in [1.165, 1.54) is 12.1 Å². The number of phenolic OH excluding ortho intramolecular Hbond substituents is 1. The minimum atomic E-state index is -0.0954. The smallest absolute Gasteiger partial charge is 0.251 e. The SMILES string of the molecule is CC(C)(CCCBr)CNC(=O)c1ccc(O)cc1. The molecular formula is C14H20BrNO2. The number of alkyl halides is 1. The summed E-state index contributed by atoms with van der Waals surface area (Å²) in [6.07, 6.45) is 2.16. The lowest BCUT2D eigenvalue weighted by Gasteiger charge is -2.24. The monoisotopic (exact) mass is 313 g/mol. The third-order valence-corrected chi connectivity index (χ3v) is 3.40. The summed E-state index contributed by atoms with van der Waals surface area (Å²) in [5.74, 6) is 0.0751. The van der Waals surface area contributed by atoms with Crippen molar-refractivity contribution in [3.8, 4) is 5.75 Å². The van der Waals surface area contributed by atoms with Crippen molar-refractivity contribution >= 4 is 21.8 Å². The first-order chi connectivity index (χ1) is 8.44. The Morgan fingerprint density at radius 1 is 1.33 bits per heavy atom. The van der Waals surface area contributed by atoms with Crippen molar-refractivity contribution in [1.29, 1.82) is 0 Å². The lowest BCUT2D eigenvalue weighted by Crippen LogP contribution is -2.34. The van der Waals surface area contributed by atoms with Crippen molar-refractivity contribution in [3.63, 3.8) is 0 Å². The van der Waals surface area contributed by atoms with E-state index in [0.29, 0.717) is 12.1 Å². The van der Waals surface area contributed by atoms with Gasteiger partial charge in [-0.15, -0.1) is 0 Å². The minimum Gasteiger partial charge on any atom is -0.508 e. The molecule has 2 N–H and O–H groups in total. The number of carbonyl (C=O) groups is 1. The molecule has 3 nitrogen and oxygen atoms in total. The number of hydrogen-bond donors (Lipinski definition) is 2. The number of benzene rings is 1. The number of amides is 1. The van der Waals surface area contributed by atoms with Gasteiger partial charge < -0.3 is 10.4 Å². The summed E-state index contributed by atoms with van der Waals surface area (Å²) in [4.78, 5) is 11.9. The summed E-state index contributed by atoms with van der Waals surface area (Å²) in [5, 5.41) is 13.1. The van der Waals surface area contributed by atoms with Crippen LogP contribution < -0.4 is 5.32 Å². The third kappa shape index (κ3) is 5.08. The molecule has 1 amide bonds. The van der Waals surface area contributed by atoms with Gasteiger partial charge in [0.05, 0.1) is 0 Å². The Labute approximate surface area is 117 Å². The molecule has 0 spiro atoms. The van der Waals surface area contributed by atoms with Gasteiger partial charge in [-0.2, -0.15) is 0 Å². The molecule has 0 fully saturated rings. The summed E-state index contributed by atoms with van der Waals surface area (Å²) in [6.45, 7) is 4.94. The van der Waals surface area contributed by atoms with E-state index in [1.807, 2.05) is 0 Å². The fourth-order valence-electron chi connectivity index (χ4n) is 1.67. The molecule has 1 aromatic carbocycles. The van der Waals surface area contributed by atoms with Crippen LogP contribution in [0.25, 0.3) is 0 Å². The molecule has 0 heterocycles. The molecule has 0 bridgehead atoms. The first-order valence-electron chi connectivity index (χ1n) is 6.08. The highest BCUT2D eigenvalue weighted by atomic mass is 79.9. The van der Waals surface area contributed by atoms with E-state index < -0.39 is 0 Å². The van der Waals surface area contributed by atoms with E-state index in [2.05, 4.69) is 35.1 Å². The number of phenols is 1. The van der Waals surface area contributed by atoms with Gasteiger partial charge in [-0.25, -0.2) is 0 Å². The van der Waals surface area contributed by atoms with Crippen LogP contribution >= 0.6 is 15.9 Å². The maximum Gasteiger partial charge on any atom is 0.251 e. The van der Waals surface area contributed by atoms with Crippen LogP contribution in [0.15, 0.2) is 24.3 Å². The Morgan fingerprint density at radius 2 is 1.94 bits per heavy atom. The predicted molar refractivity (Wildman–Crippen MR) is 77.2 cm³/mol. The Hall–Kier alpha value is -1.03. The lowest BCUT2D eigenvalue weighted by atomic mass is 9.88. The van der Waals surface area contributed by atoms with Crippen molar-refractivity contribution in [2.45, 2.75) is 26.7 Å². The van der Waals surface area contributed by atoms with Crippen LogP contribution in [0.2, 0.25) is 0 Å². The molecule has 0 aromatic heterocycles. The van der Waals surface area contributed by atoms with Crippen LogP contribution in [0.3, 0.4) is 0 Å². The summed E-state index contributed by atoms with van der Waals surface area (Å²) in [7, 11) is 0. The molecule has 0 saturated heterocycles. The molecule has 18 heavy (non-hydrogen) atoms. The van der Waals surface area contributed by atoms with E-state index >= 15 is 0 Å². The highest BCUT2D eigenvalue weighted by Gasteiger charge is 2.18. The first-order valence-corrected chi connectivity index (χ1v) is 7.20. The fraction of sp³-hybridized carbons (Fsp3) is 0.500. The number of rotatable bonds is 6. The van der Waals surface area contributed by atoms with Gasteiger partial charge in [0.25, 0.3) is 5.91 Å². The second kappa shape index (κ2) is 6.78. The second-order valence-corrected chi connectivity index (χ2v) is 5.98. The summed E-state index contributed by atoms with van der Waals surface area (Å²) in [5.41, 5.74) is 0.671. The normalized spacial score (nSPS) is 11.3. The van der Waals surface area contributed by atoms with Crippen LogP contribution in [0.4, 0.5) is 0 Å². The summed E-state index contributed by atoms with van der Waals surface area (Å²) in [6, 6.07) is 6.28. The Bertz CT molecular complexity index is 387. The Balaban J connectivity index is 2.48. The van der Waals surface area contributed by atoms with Crippen LogP contribution in [-0.4, -0.2) is 22.9 Å². The van der Waals surface area contributed by atoms with Gasteiger partial charge in [-0.1, -0.05) is 29.8 Å². The molecule has 0 saturated carbocycles. The Kier molecular flexibility index (Phi) is 5.66. The van der Waals surface area contributed by atoms with Crippen molar-refractivity contribution < 1.29 is 9.90 Å². The molecule has 0 unspecified atom stereocenters. The largest absolute Gasteiger partial charge is 0.508 e. The van der Waals surface area contributed by atoms with Gasteiger partial charge in [-0.3, -0.25) is 4.79 Å². The summed E-state index contributed by atoms with van der Waals surface area (Å²) >= 11 is 3.41. The predicted octanol–water partition coefficient (Wildman–Crippen LogP) is 3.32. The number of aromatic hydroxyl groups is 1. The van der Waals surface area contributed by atoms with Gasteiger partial charge in [0.15, 0.2) is 0 Å². The minimum absolute atomic E-state index is 0.0954.